The highest BCUT2D eigenvalue weighted by Gasteiger charge is 2.26. The zero-order valence-corrected chi connectivity index (χ0v) is 15.7. The van der Waals surface area contributed by atoms with Gasteiger partial charge in [-0.1, -0.05) is 23.7 Å². The first-order valence-corrected chi connectivity index (χ1v) is 8.94. The van der Waals surface area contributed by atoms with E-state index in [4.69, 9.17) is 16.3 Å². The summed E-state index contributed by atoms with van der Waals surface area (Å²) in [6, 6.07) is 7.41. The van der Waals surface area contributed by atoms with Gasteiger partial charge < -0.3 is 9.72 Å². The third kappa shape index (κ3) is 3.84. The second kappa shape index (κ2) is 7.90. The molecule has 0 aliphatic carbocycles. The number of thioether (sulfide) groups is 1. The molecule has 0 amide bonds. The van der Waals surface area contributed by atoms with Gasteiger partial charge in [0.25, 0.3) is 0 Å². The Labute approximate surface area is 150 Å². The van der Waals surface area contributed by atoms with Gasteiger partial charge >= 0.3 is 5.97 Å². The highest BCUT2D eigenvalue weighted by atomic mass is 35.5. The van der Waals surface area contributed by atoms with Crippen molar-refractivity contribution in [2.45, 2.75) is 37.8 Å². The summed E-state index contributed by atoms with van der Waals surface area (Å²) in [6.45, 7) is 7.41. The number of hydrogen-bond donors (Lipinski definition) is 1. The summed E-state index contributed by atoms with van der Waals surface area (Å²) >= 11 is 7.55. The summed E-state index contributed by atoms with van der Waals surface area (Å²) in [4.78, 5) is 28.7. The molecule has 128 valence electrons. The molecule has 0 saturated carbocycles. The van der Waals surface area contributed by atoms with Crippen molar-refractivity contribution in [3.8, 4) is 0 Å². The molecule has 0 bridgehead atoms. The summed E-state index contributed by atoms with van der Waals surface area (Å²) in [5.41, 5.74) is 2.16. The number of ketones is 1. The molecule has 0 fully saturated rings. The van der Waals surface area contributed by atoms with E-state index < -0.39 is 5.97 Å². The largest absolute Gasteiger partial charge is 0.462 e. The zero-order valence-electron chi connectivity index (χ0n) is 14.1. The van der Waals surface area contributed by atoms with E-state index in [9.17, 15) is 9.59 Å². The molecule has 1 aromatic carbocycles. The molecule has 0 saturated heterocycles. The summed E-state index contributed by atoms with van der Waals surface area (Å²) in [5, 5.41) is 0.283. The van der Waals surface area contributed by atoms with E-state index in [-0.39, 0.29) is 11.0 Å². The number of halogens is 1. The van der Waals surface area contributed by atoms with Crippen molar-refractivity contribution in [2.24, 2.45) is 0 Å². The van der Waals surface area contributed by atoms with Crippen LogP contribution >= 0.6 is 23.4 Å². The number of aromatic nitrogens is 1. The second-order valence-corrected chi connectivity index (χ2v) is 7.19. The van der Waals surface area contributed by atoms with E-state index in [0.717, 1.165) is 4.90 Å². The average Bonchev–Trinajstić information content (AvgIpc) is 2.83. The highest BCUT2D eigenvalue weighted by Crippen LogP contribution is 2.32. The second-order valence-electron chi connectivity index (χ2n) is 5.40. The SMILES string of the molecule is CCOC(=O)c1c(C)[nH]c(C(=O)[C@H](C)Sc2ccccc2Cl)c1C. The molecular formula is C18H20ClNO3S. The summed E-state index contributed by atoms with van der Waals surface area (Å²) in [5.74, 6) is -0.481. The number of carbonyl (C=O) groups is 2. The smallest absolute Gasteiger partial charge is 0.340 e. The molecule has 0 aliphatic heterocycles. The monoisotopic (exact) mass is 365 g/mol. The predicted octanol–water partition coefficient (Wildman–Crippen LogP) is 4.83. The molecule has 6 heteroatoms. The zero-order chi connectivity index (χ0) is 17.9. The van der Waals surface area contributed by atoms with Crippen molar-refractivity contribution in [1.29, 1.82) is 0 Å². The molecule has 24 heavy (non-hydrogen) atoms. The van der Waals surface area contributed by atoms with Crippen molar-refractivity contribution >= 4 is 35.1 Å². The Bertz CT molecular complexity index is 770. The van der Waals surface area contributed by atoms with Crippen LogP contribution in [0.3, 0.4) is 0 Å². The number of esters is 1. The molecule has 0 radical (unpaired) electrons. The van der Waals surface area contributed by atoms with Gasteiger partial charge in [0, 0.05) is 10.6 Å². The minimum atomic E-state index is -0.408. The Morgan fingerprint density at radius 2 is 1.96 bits per heavy atom. The number of aromatic amines is 1. The first kappa shape index (κ1) is 18.6. The van der Waals surface area contributed by atoms with Gasteiger partial charge in [0.05, 0.1) is 28.1 Å². The molecule has 1 atom stereocenters. The van der Waals surface area contributed by atoms with Gasteiger partial charge in [-0.3, -0.25) is 4.79 Å². The fraction of sp³-hybridized carbons (Fsp3) is 0.333. The lowest BCUT2D eigenvalue weighted by atomic mass is 10.1. The van der Waals surface area contributed by atoms with E-state index in [0.29, 0.717) is 34.1 Å². The van der Waals surface area contributed by atoms with Crippen LogP contribution in [0.2, 0.25) is 5.02 Å². The highest BCUT2D eigenvalue weighted by molar-refractivity contribution is 8.00. The molecule has 1 N–H and O–H groups in total. The summed E-state index contributed by atoms with van der Waals surface area (Å²) in [7, 11) is 0. The van der Waals surface area contributed by atoms with Crippen LogP contribution in [0.5, 0.6) is 0 Å². The maximum Gasteiger partial charge on any atom is 0.340 e. The summed E-state index contributed by atoms with van der Waals surface area (Å²) in [6.07, 6.45) is 0. The third-order valence-corrected chi connectivity index (χ3v) is 5.29. The number of aryl methyl sites for hydroxylation is 1. The van der Waals surface area contributed by atoms with Gasteiger partial charge in [0.2, 0.25) is 0 Å². The van der Waals surface area contributed by atoms with Crippen LogP contribution in [-0.2, 0) is 4.74 Å². The molecule has 4 nitrogen and oxygen atoms in total. The molecular weight excluding hydrogens is 346 g/mol. The number of ether oxygens (including phenoxy) is 1. The number of carbonyl (C=O) groups excluding carboxylic acids is 2. The molecule has 1 aromatic heterocycles. The number of H-pyrrole nitrogens is 1. The Balaban J connectivity index is 2.25. The lowest BCUT2D eigenvalue weighted by Crippen LogP contribution is -2.15. The minimum absolute atomic E-state index is 0.0731. The Kier molecular flexibility index (Phi) is 6.13. The van der Waals surface area contributed by atoms with E-state index in [2.05, 4.69) is 4.98 Å². The van der Waals surface area contributed by atoms with Crippen LogP contribution in [0.1, 0.15) is 46.0 Å². The van der Waals surface area contributed by atoms with Crippen LogP contribution in [0.4, 0.5) is 0 Å². The normalized spacial score (nSPS) is 12.0. The number of nitrogens with one attached hydrogen (secondary N) is 1. The standard InChI is InChI=1S/C18H20ClNO3S/c1-5-23-18(22)15-10(2)16(20-11(15)3)17(21)12(4)24-14-9-7-6-8-13(14)19/h6-9,12,20H,5H2,1-4H3/t12-/m0/s1. The Hall–Kier alpha value is -1.72. The van der Waals surface area contributed by atoms with Crippen LogP contribution in [0.25, 0.3) is 0 Å². The van der Waals surface area contributed by atoms with Crippen LogP contribution in [0.15, 0.2) is 29.2 Å². The van der Waals surface area contributed by atoms with Crippen molar-refractivity contribution in [3.05, 3.63) is 51.8 Å². The Morgan fingerprint density at radius 3 is 2.58 bits per heavy atom. The van der Waals surface area contributed by atoms with E-state index >= 15 is 0 Å². The molecule has 1 heterocycles. The molecule has 0 unspecified atom stereocenters. The predicted molar refractivity (Wildman–Crippen MR) is 97.3 cm³/mol. The van der Waals surface area contributed by atoms with Gasteiger partial charge in [0.1, 0.15) is 0 Å². The van der Waals surface area contributed by atoms with Crippen molar-refractivity contribution < 1.29 is 14.3 Å². The quantitative estimate of drug-likeness (QED) is 0.452. The topological polar surface area (TPSA) is 59.2 Å². The molecule has 2 aromatic rings. The fourth-order valence-electron chi connectivity index (χ4n) is 2.49. The molecule has 0 spiro atoms. The maximum absolute atomic E-state index is 12.8. The first-order chi connectivity index (χ1) is 11.4. The van der Waals surface area contributed by atoms with Gasteiger partial charge in [-0.05, 0) is 45.4 Å². The number of hydrogen-bond acceptors (Lipinski definition) is 4. The maximum atomic E-state index is 12.8. The lowest BCUT2D eigenvalue weighted by Gasteiger charge is -2.11. The minimum Gasteiger partial charge on any atom is -0.462 e. The summed E-state index contributed by atoms with van der Waals surface area (Å²) < 4.78 is 5.06. The van der Waals surface area contributed by atoms with Gasteiger partial charge in [-0.2, -0.15) is 0 Å². The first-order valence-electron chi connectivity index (χ1n) is 7.68. The third-order valence-electron chi connectivity index (χ3n) is 3.67. The van der Waals surface area contributed by atoms with E-state index in [1.807, 2.05) is 25.1 Å². The Morgan fingerprint density at radius 1 is 1.29 bits per heavy atom. The van der Waals surface area contributed by atoms with Crippen molar-refractivity contribution in [1.82, 2.24) is 4.98 Å². The van der Waals surface area contributed by atoms with Crippen molar-refractivity contribution in [3.63, 3.8) is 0 Å². The molecule has 2 rings (SSSR count). The van der Waals surface area contributed by atoms with E-state index in [1.165, 1.54) is 11.8 Å². The number of Topliss-reactive ketones (excluding diaryl/α,β-unsaturated/α-hetero) is 1. The van der Waals surface area contributed by atoms with Gasteiger partial charge in [0.15, 0.2) is 5.78 Å². The van der Waals surface area contributed by atoms with Gasteiger partial charge in [-0.15, -0.1) is 11.8 Å². The van der Waals surface area contributed by atoms with E-state index in [1.54, 1.807) is 26.8 Å². The fourth-order valence-corrected chi connectivity index (χ4v) is 3.71. The molecule has 0 aliphatic rings. The van der Waals surface area contributed by atoms with Crippen molar-refractivity contribution in [2.75, 3.05) is 6.61 Å². The van der Waals surface area contributed by atoms with Gasteiger partial charge in [-0.25, -0.2) is 4.79 Å². The van der Waals surface area contributed by atoms with Crippen LogP contribution < -0.4 is 0 Å². The van der Waals surface area contributed by atoms with Crippen LogP contribution in [0, 0.1) is 13.8 Å². The number of benzene rings is 1. The lowest BCUT2D eigenvalue weighted by molar-refractivity contribution is 0.0525. The number of rotatable bonds is 6. The average molecular weight is 366 g/mol. The van der Waals surface area contributed by atoms with Crippen LogP contribution in [-0.4, -0.2) is 28.6 Å².